The first-order chi connectivity index (χ1) is 12.4. The molecule has 1 fully saturated rings. The van der Waals surface area contributed by atoms with E-state index >= 15 is 0 Å². The molecule has 2 heterocycles. The first-order valence-corrected chi connectivity index (χ1v) is 10.3. The van der Waals surface area contributed by atoms with E-state index in [0.29, 0.717) is 24.2 Å². The van der Waals surface area contributed by atoms with Crippen LogP contribution >= 0.6 is 11.6 Å². The normalized spacial score (nSPS) is 16.4. The van der Waals surface area contributed by atoms with Crippen LogP contribution in [-0.4, -0.2) is 44.4 Å². The number of aromatic nitrogens is 2. The van der Waals surface area contributed by atoms with E-state index in [1.807, 2.05) is 0 Å². The third-order valence-corrected chi connectivity index (χ3v) is 6.50. The van der Waals surface area contributed by atoms with E-state index in [9.17, 15) is 18.3 Å². The molecule has 1 N–H and O–H groups in total. The zero-order chi connectivity index (χ0) is 20.2. The number of rotatable bonds is 4. The predicted molar refractivity (Wildman–Crippen MR) is 99.0 cm³/mol. The second-order valence-electron chi connectivity index (χ2n) is 7.87. The maximum atomic E-state index is 13.3. The Hall–Kier alpha value is -1.84. The van der Waals surface area contributed by atoms with Gasteiger partial charge in [-0.15, -0.1) is 0 Å². The monoisotopic (exact) mass is 415 g/mol. The highest BCUT2D eigenvalue weighted by atomic mass is 35.5. The minimum absolute atomic E-state index is 0.0980. The molecule has 1 saturated carbocycles. The van der Waals surface area contributed by atoms with Gasteiger partial charge in [-0.1, -0.05) is 11.6 Å². The fourth-order valence-corrected chi connectivity index (χ4v) is 4.77. The van der Waals surface area contributed by atoms with E-state index in [-0.39, 0.29) is 16.5 Å². The Labute approximate surface area is 162 Å². The summed E-state index contributed by atoms with van der Waals surface area (Å²) in [6.07, 6.45) is 2.89. The number of carbonyl (C=O) groups excluding carboxylic acids is 1. The molecule has 1 aliphatic rings. The minimum atomic E-state index is -4.24. The van der Waals surface area contributed by atoms with Gasteiger partial charge >= 0.3 is 6.09 Å². The number of amides is 1. The lowest BCUT2D eigenvalue weighted by Gasteiger charge is -2.31. The molecule has 0 aromatic carbocycles. The molecule has 0 radical (unpaired) electrons. The number of pyridine rings is 1. The molecule has 0 atom stereocenters. The van der Waals surface area contributed by atoms with Crippen molar-refractivity contribution in [2.24, 2.45) is 0 Å². The van der Waals surface area contributed by atoms with Crippen molar-refractivity contribution in [3.8, 4) is 0 Å². The number of aliphatic hydroxyl groups excluding tert-OH is 1. The van der Waals surface area contributed by atoms with Crippen molar-refractivity contribution in [3.63, 3.8) is 0 Å². The Balaban J connectivity index is 2.12. The van der Waals surface area contributed by atoms with Crippen molar-refractivity contribution in [1.29, 1.82) is 0 Å². The quantitative estimate of drug-likeness (QED) is 0.823. The third-order valence-electron chi connectivity index (χ3n) is 4.34. The molecule has 0 spiro atoms. The van der Waals surface area contributed by atoms with E-state index in [1.54, 1.807) is 27.7 Å². The van der Waals surface area contributed by atoms with Gasteiger partial charge in [0.2, 0.25) is 0 Å². The molecule has 27 heavy (non-hydrogen) atoms. The molecule has 0 saturated heterocycles. The summed E-state index contributed by atoms with van der Waals surface area (Å²) in [4.78, 5) is 16.6. The number of ether oxygens (including phenoxy) is 1. The molecule has 2 aromatic heterocycles. The Kier molecular flexibility index (Phi) is 4.69. The SMILES string of the molecule is CC(C)(C)OC(=O)N(C1(C)CC1)S(=O)(=O)c1cc(Cl)c2ncc(CO)n2c1. The van der Waals surface area contributed by atoms with Crippen LogP contribution in [0, 0.1) is 0 Å². The van der Waals surface area contributed by atoms with E-state index < -0.39 is 27.3 Å². The van der Waals surface area contributed by atoms with Crippen molar-refractivity contribution in [1.82, 2.24) is 13.7 Å². The molecule has 1 amide bonds. The van der Waals surface area contributed by atoms with E-state index in [4.69, 9.17) is 16.3 Å². The molecular weight excluding hydrogens is 394 g/mol. The van der Waals surface area contributed by atoms with Crippen molar-refractivity contribution in [2.45, 2.75) is 63.2 Å². The van der Waals surface area contributed by atoms with Gasteiger partial charge in [0.05, 0.1) is 29.1 Å². The lowest BCUT2D eigenvalue weighted by Crippen LogP contribution is -2.47. The molecule has 0 bridgehead atoms. The van der Waals surface area contributed by atoms with Gasteiger partial charge in [0.1, 0.15) is 10.5 Å². The fourth-order valence-electron chi connectivity index (χ4n) is 2.73. The van der Waals surface area contributed by atoms with Crippen molar-refractivity contribution < 1.29 is 23.1 Å². The highest BCUT2D eigenvalue weighted by molar-refractivity contribution is 7.89. The van der Waals surface area contributed by atoms with Crippen molar-refractivity contribution in [2.75, 3.05) is 0 Å². The van der Waals surface area contributed by atoms with Gasteiger partial charge in [-0.3, -0.25) is 4.40 Å². The number of carbonyl (C=O) groups is 1. The topological polar surface area (TPSA) is 101 Å². The molecule has 148 valence electrons. The fraction of sp³-hybridized carbons (Fsp3) is 0.529. The highest BCUT2D eigenvalue weighted by Crippen LogP contribution is 2.45. The largest absolute Gasteiger partial charge is 0.443 e. The van der Waals surface area contributed by atoms with Crippen molar-refractivity contribution >= 4 is 33.4 Å². The van der Waals surface area contributed by atoms with E-state index in [1.165, 1.54) is 22.9 Å². The summed E-state index contributed by atoms with van der Waals surface area (Å²) in [6.45, 7) is 6.38. The van der Waals surface area contributed by atoms with E-state index in [2.05, 4.69) is 4.98 Å². The summed E-state index contributed by atoms with van der Waals surface area (Å²) >= 11 is 6.20. The first kappa shape index (κ1) is 19.9. The Bertz CT molecular complexity index is 1010. The van der Waals surface area contributed by atoms with Crippen LogP contribution in [0.2, 0.25) is 5.02 Å². The third kappa shape index (κ3) is 3.63. The number of imidazole rings is 1. The summed E-state index contributed by atoms with van der Waals surface area (Å²) < 4.78 is 34.2. The Morgan fingerprint density at radius 1 is 1.44 bits per heavy atom. The zero-order valence-electron chi connectivity index (χ0n) is 15.6. The molecule has 0 aliphatic heterocycles. The number of fused-ring (bicyclic) bond motifs is 1. The molecule has 0 unspecified atom stereocenters. The van der Waals surface area contributed by atoms with Crippen LogP contribution in [0.25, 0.3) is 5.65 Å². The smallest absolute Gasteiger partial charge is 0.424 e. The summed E-state index contributed by atoms with van der Waals surface area (Å²) in [6, 6.07) is 1.25. The number of halogens is 1. The maximum absolute atomic E-state index is 13.3. The molecule has 3 rings (SSSR count). The van der Waals surface area contributed by atoms with Gasteiger partial charge < -0.3 is 9.84 Å². The van der Waals surface area contributed by atoms with Gasteiger partial charge in [-0.05, 0) is 46.6 Å². The molecule has 8 nitrogen and oxygen atoms in total. The van der Waals surface area contributed by atoms with E-state index in [0.717, 1.165) is 4.31 Å². The van der Waals surface area contributed by atoms with Crippen molar-refractivity contribution in [3.05, 3.63) is 29.2 Å². The minimum Gasteiger partial charge on any atom is -0.443 e. The van der Waals surface area contributed by atoms with Crippen LogP contribution in [0.5, 0.6) is 0 Å². The van der Waals surface area contributed by atoms with Crippen LogP contribution in [0.3, 0.4) is 0 Å². The van der Waals surface area contributed by atoms with Gasteiger partial charge in [0.25, 0.3) is 10.0 Å². The molecule has 2 aromatic rings. The van der Waals surface area contributed by atoms with Crippen LogP contribution < -0.4 is 0 Å². The van der Waals surface area contributed by atoms with Gasteiger partial charge in [0, 0.05) is 6.20 Å². The highest BCUT2D eigenvalue weighted by Gasteiger charge is 2.53. The standard InChI is InChI=1S/C17H22ClN3O5S/c1-16(2,3)26-15(23)21(17(4)5-6-17)27(24,25)12-7-13(18)14-19-8-11(10-22)20(14)9-12/h7-9,22H,5-6,10H2,1-4H3. The lowest BCUT2D eigenvalue weighted by molar-refractivity contribution is 0.0331. The predicted octanol–water partition coefficient (Wildman–Crippen LogP) is 2.96. The van der Waals surface area contributed by atoms with Crippen LogP contribution in [0.4, 0.5) is 4.79 Å². The van der Waals surface area contributed by atoms with Crippen LogP contribution in [-0.2, 0) is 21.4 Å². The molecule has 10 heteroatoms. The summed E-state index contributed by atoms with van der Waals surface area (Å²) in [5.74, 6) is 0. The van der Waals surface area contributed by atoms with Gasteiger partial charge in [-0.25, -0.2) is 18.2 Å². The maximum Gasteiger partial charge on any atom is 0.424 e. The summed E-state index contributed by atoms with van der Waals surface area (Å²) in [5, 5.41) is 9.53. The summed E-state index contributed by atoms with van der Waals surface area (Å²) in [7, 11) is -4.24. The van der Waals surface area contributed by atoms with Gasteiger partial charge in [-0.2, -0.15) is 4.31 Å². The number of sulfonamides is 1. The van der Waals surface area contributed by atoms with Crippen LogP contribution in [0.1, 0.15) is 46.2 Å². The second kappa shape index (κ2) is 6.35. The number of hydrogen-bond acceptors (Lipinski definition) is 6. The Morgan fingerprint density at radius 2 is 2.07 bits per heavy atom. The first-order valence-electron chi connectivity index (χ1n) is 8.44. The Morgan fingerprint density at radius 3 is 2.59 bits per heavy atom. The average Bonchev–Trinajstić information content (AvgIpc) is 3.09. The molecular formula is C17H22ClN3O5S. The number of nitrogens with zero attached hydrogens (tertiary/aromatic N) is 3. The lowest BCUT2D eigenvalue weighted by atomic mass is 10.2. The average molecular weight is 416 g/mol. The second-order valence-corrected chi connectivity index (χ2v) is 10.1. The zero-order valence-corrected chi connectivity index (χ0v) is 17.1. The van der Waals surface area contributed by atoms with Gasteiger partial charge in [0.15, 0.2) is 5.65 Å². The summed E-state index contributed by atoms with van der Waals surface area (Å²) in [5.41, 5.74) is -0.977. The van der Waals surface area contributed by atoms with Crippen LogP contribution in [0.15, 0.2) is 23.4 Å². The number of hydrogen-bond donors (Lipinski definition) is 1. The molecule has 1 aliphatic carbocycles. The number of aliphatic hydroxyl groups is 1.